The van der Waals surface area contributed by atoms with E-state index in [1.165, 1.54) is 5.56 Å². The highest BCUT2D eigenvalue weighted by atomic mass is 32.1. The number of hydrogen-bond donors (Lipinski definition) is 1. The number of nitrogens with one attached hydrogen (secondary N) is 1. The molecule has 3 rings (SSSR count). The zero-order valence-electron chi connectivity index (χ0n) is 11.9. The van der Waals surface area contributed by atoms with E-state index in [0.717, 1.165) is 27.9 Å². The summed E-state index contributed by atoms with van der Waals surface area (Å²) in [6.07, 6.45) is 1.68. The Morgan fingerprint density at radius 2 is 2.05 bits per heavy atom. The Bertz CT molecular complexity index is 707. The Morgan fingerprint density at radius 1 is 1.24 bits per heavy atom. The maximum Gasteiger partial charge on any atom is 0.153 e. The molecule has 1 unspecified atom stereocenters. The lowest BCUT2D eigenvalue weighted by Crippen LogP contribution is -2.21. The maximum atomic E-state index is 5.09. The highest BCUT2D eigenvalue weighted by Gasteiger charge is 2.19. The fourth-order valence-electron chi connectivity index (χ4n) is 2.16. The smallest absolute Gasteiger partial charge is 0.153 e. The molecule has 0 saturated carbocycles. The van der Waals surface area contributed by atoms with Gasteiger partial charge in [0.15, 0.2) is 5.01 Å². The largest absolute Gasteiger partial charge is 0.361 e. The zero-order valence-corrected chi connectivity index (χ0v) is 12.7. The van der Waals surface area contributed by atoms with Crippen LogP contribution in [0, 0.1) is 6.92 Å². The molecule has 2 heterocycles. The van der Waals surface area contributed by atoms with E-state index in [1.54, 1.807) is 17.5 Å². The third kappa shape index (κ3) is 2.86. The topological polar surface area (TPSA) is 63.8 Å². The summed E-state index contributed by atoms with van der Waals surface area (Å²) in [4.78, 5) is 0. The van der Waals surface area contributed by atoms with Gasteiger partial charge in [0, 0.05) is 0 Å². The molecule has 0 aliphatic heterocycles. The molecule has 0 spiro atoms. The molecule has 0 aliphatic carbocycles. The van der Waals surface area contributed by atoms with Crippen LogP contribution in [0.2, 0.25) is 0 Å². The van der Waals surface area contributed by atoms with E-state index in [4.69, 9.17) is 4.52 Å². The van der Waals surface area contributed by atoms with E-state index >= 15 is 0 Å². The number of benzene rings is 1. The van der Waals surface area contributed by atoms with Crippen LogP contribution in [0.5, 0.6) is 0 Å². The second-order valence-corrected chi connectivity index (χ2v) is 5.65. The van der Waals surface area contributed by atoms with Crippen molar-refractivity contribution in [3.63, 3.8) is 0 Å². The van der Waals surface area contributed by atoms with E-state index in [9.17, 15) is 0 Å². The molecule has 0 fully saturated rings. The first-order chi connectivity index (χ1) is 10.3. The van der Waals surface area contributed by atoms with Crippen molar-refractivity contribution < 1.29 is 4.52 Å². The second-order valence-electron chi connectivity index (χ2n) is 4.64. The van der Waals surface area contributed by atoms with Gasteiger partial charge in [-0.25, -0.2) is 0 Å². The molecule has 1 aromatic carbocycles. The van der Waals surface area contributed by atoms with Gasteiger partial charge in [-0.2, -0.15) is 0 Å². The molecule has 5 nitrogen and oxygen atoms in total. The SMILES string of the molecule is CCNC(c1ccccc1)c1nnc(-c2cnoc2C)s1. The Morgan fingerprint density at radius 3 is 2.71 bits per heavy atom. The first-order valence-electron chi connectivity index (χ1n) is 6.83. The highest BCUT2D eigenvalue weighted by Crippen LogP contribution is 2.31. The molecule has 0 aliphatic rings. The van der Waals surface area contributed by atoms with E-state index in [1.807, 2.05) is 25.1 Å². The summed E-state index contributed by atoms with van der Waals surface area (Å²) in [6.45, 7) is 4.82. The van der Waals surface area contributed by atoms with Gasteiger partial charge in [-0.15, -0.1) is 10.2 Å². The minimum absolute atomic E-state index is 0.0580. The third-order valence-electron chi connectivity index (χ3n) is 3.21. The molecule has 1 atom stereocenters. The number of nitrogens with zero attached hydrogens (tertiary/aromatic N) is 3. The molecule has 0 radical (unpaired) electrons. The fraction of sp³-hybridized carbons (Fsp3) is 0.267. The average Bonchev–Trinajstić information content (AvgIpc) is 3.14. The molecule has 0 amide bonds. The van der Waals surface area contributed by atoms with Gasteiger partial charge in [-0.1, -0.05) is 53.7 Å². The lowest BCUT2D eigenvalue weighted by molar-refractivity contribution is 0.398. The molecule has 3 aromatic rings. The monoisotopic (exact) mass is 300 g/mol. The van der Waals surface area contributed by atoms with Gasteiger partial charge in [-0.3, -0.25) is 0 Å². The van der Waals surface area contributed by atoms with E-state index in [0.29, 0.717) is 0 Å². The van der Waals surface area contributed by atoms with Crippen LogP contribution in [-0.4, -0.2) is 21.9 Å². The van der Waals surface area contributed by atoms with Gasteiger partial charge in [0.25, 0.3) is 0 Å². The summed E-state index contributed by atoms with van der Waals surface area (Å²) in [5.74, 6) is 0.761. The molecule has 108 valence electrons. The van der Waals surface area contributed by atoms with Crippen LogP contribution >= 0.6 is 11.3 Å². The van der Waals surface area contributed by atoms with Crippen molar-refractivity contribution in [2.45, 2.75) is 19.9 Å². The number of aryl methyl sites for hydroxylation is 1. The van der Waals surface area contributed by atoms with Crippen LogP contribution < -0.4 is 5.32 Å². The average molecular weight is 300 g/mol. The molecule has 0 bridgehead atoms. The van der Waals surface area contributed by atoms with Crippen LogP contribution in [0.1, 0.15) is 29.3 Å². The lowest BCUT2D eigenvalue weighted by Gasteiger charge is -2.14. The molecular weight excluding hydrogens is 284 g/mol. The predicted molar refractivity (Wildman–Crippen MR) is 82.1 cm³/mol. The van der Waals surface area contributed by atoms with Gasteiger partial charge in [0.2, 0.25) is 0 Å². The van der Waals surface area contributed by atoms with E-state index in [-0.39, 0.29) is 6.04 Å². The maximum absolute atomic E-state index is 5.09. The van der Waals surface area contributed by atoms with Gasteiger partial charge in [0.05, 0.1) is 17.8 Å². The van der Waals surface area contributed by atoms with Crippen molar-refractivity contribution in [2.24, 2.45) is 0 Å². The Labute approximate surface area is 127 Å². The van der Waals surface area contributed by atoms with Crippen LogP contribution in [0.3, 0.4) is 0 Å². The van der Waals surface area contributed by atoms with Crippen molar-refractivity contribution in [1.29, 1.82) is 0 Å². The normalized spacial score (nSPS) is 12.5. The zero-order chi connectivity index (χ0) is 14.7. The number of rotatable bonds is 5. The summed E-state index contributed by atoms with van der Waals surface area (Å²) in [7, 11) is 0. The fourth-order valence-corrected chi connectivity index (χ4v) is 3.17. The summed E-state index contributed by atoms with van der Waals surface area (Å²) < 4.78 is 5.09. The molecule has 2 aromatic heterocycles. The molecule has 1 N–H and O–H groups in total. The van der Waals surface area contributed by atoms with Crippen molar-refractivity contribution >= 4 is 11.3 Å². The van der Waals surface area contributed by atoms with Crippen molar-refractivity contribution in [3.05, 3.63) is 52.9 Å². The van der Waals surface area contributed by atoms with Crippen LogP contribution in [0.15, 0.2) is 41.1 Å². The van der Waals surface area contributed by atoms with Gasteiger partial charge in [0.1, 0.15) is 10.8 Å². The number of hydrogen-bond acceptors (Lipinski definition) is 6. The molecule has 6 heteroatoms. The van der Waals surface area contributed by atoms with Gasteiger partial charge in [-0.05, 0) is 19.0 Å². The minimum Gasteiger partial charge on any atom is -0.361 e. The van der Waals surface area contributed by atoms with Crippen LogP contribution in [0.25, 0.3) is 10.6 Å². The minimum atomic E-state index is 0.0580. The third-order valence-corrected chi connectivity index (χ3v) is 4.23. The Kier molecular flexibility index (Phi) is 4.08. The first kappa shape index (κ1) is 13.9. The number of aromatic nitrogens is 3. The van der Waals surface area contributed by atoms with Crippen molar-refractivity contribution in [2.75, 3.05) is 6.54 Å². The summed E-state index contributed by atoms with van der Waals surface area (Å²) >= 11 is 1.56. The van der Waals surface area contributed by atoms with Crippen molar-refractivity contribution in [1.82, 2.24) is 20.7 Å². The van der Waals surface area contributed by atoms with Crippen LogP contribution in [0.4, 0.5) is 0 Å². The van der Waals surface area contributed by atoms with Crippen LogP contribution in [-0.2, 0) is 0 Å². The Balaban J connectivity index is 1.94. The van der Waals surface area contributed by atoms with Gasteiger partial charge < -0.3 is 9.84 Å². The summed E-state index contributed by atoms with van der Waals surface area (Å²) in [5.41, 5.74) is 2.09. The predicted octanol–water partition coefficient (Wildman–Crippen LogP) is 3.20. The van der Waals surface area contributed by atoms with E-state index < -0.39 is 0 Å². The lowest BCUT2D eigenvalue weighted by atomic mass is 10.1. The van der Waals surface area contributed by atoms with Crippen molar-refractivity contribution in [3.8, 4) is 10.6 Å². The first-order valence-corrected chi connectivity index (χ1v) is 7.64. The second kappa shape index (κ2) is 6.15. The summed E-state index contributed by atoms with van der Waals surface area (Å²) in [5, 5.41) is 17.7. The summed E-state index contributed by atoms with van der Waals surface area (Å²) in [6, 6.07) is 10.3. The highest BCUT2D eigenvalue weighted by molar-refractivity contribution is 7.14. The standard InChI is InChI=1S/C15H16N4OS/c1-3-16-13(11-7-5-4-6-8-11)15-19-18-14(21-15)12-9-17-20-10(12)2/h4-9,13,16H,3H2,1-2H3. The Hall–Kier alpha value is -2.05. The molecule has 21 heavy (non-hydrogen) atoms. The van der Waals surface area contributed by atoms with E-state index in [2.05, 4.69) is 39.7 Å². The molecule has 0 saturated heterocycles. The quantitative estimate of drug-likeness (QED) is 0.784. The van der Waals surface area contributed by atoms with Gasteiger partial charge >= 0.3 is 0 Å². The molecular formula is C15H16N4OS.